The fraction of sp³-hybridized carbons (Fsp3) is 0.571. The molecule has 0 spiro atoms. The smallest absolute Gasteiger partial charge is 0.459 e. The van der Waals surface area contributed by atoms with Crippen LogP contribution in [0.2, 0.25) is 0 Å². The average Bonchev–Trinajstić information content (AvgIpc) is 3.50. The van der Waals surface area contributed by atoms with Crippen LogP contribution in [-0.4, -0.2) is 73.6 Å². The van der Waals surface area contributed by atoms with E-state index in [0.29, 0.717) is 12.8 Å². The lowest BCUT2D eigenvalue weighted by molar-refractivity contribution is -0.202. The maximum atomic E-state index is 16.3. The lowest BCUT2D eigenvalue weighted by atomic mass is 9.97. The third-order valence-electron chi connectivity index (χ3n) is 7.61. The number of rotatable bonds is 12. The minimum absolute atomic E-state index is 0.0221. The molecule has 1 aliphatic carbocycles. The number of hydrogen-bond donors (Lipinski definition) is 3. The molecule has 1 aliphatic heterocycles. The van der Waals surface area contributed by atoms with Crippen LogP contribution in [0.3, 0.4) is 0 Å². The molecule has 0 amide bonds. The molecule has 14 nitrogen and oxygen atoms in total. The number of aliphatic hydroxyl groups excluding tert-OH is 1. The van der Waals surface area contributed by atoms with E-state index in [9.17, 15) is 14.5 Å². The summed E-state index contributed by atoms with van der Waals surface area (Å²) in [5.41, 5.74) is 3.07. The molecule has 2 aromatic heterocycles. The summed E-state index contributed by atoms with van der Waals surface area (Å²) >= 11 is 0. The second-order valence-corrected chi connectivity index (χ2v) is 12.9. The molecule has 4 N–H and O–H groups in total. The summed E-state index contributed by atoms with van der Waals surface area (Å²) in [4.78, 5) is 25.0. The summed E-state index contributed by atoms with van der Waals surface area (Å²) in [6.07, 6.45) is 0.910. The largest absolute Gasteiger partial charge is 0.476 e. The minimum Gasteiger partial charge on any atom is -0.476 e. The van der Waals surface area contributed by atoms with Crippen LogP contribution in [-0.2, 0) is 23.4 Å². The highest BCUT2D eigenvalue weighted by Gasteiger charge is 2.65. The van der Waals surface area contributed by atoms with E-state index in [1.807, 2.05) is 0 Å². The third-order valence-corrected chi connectivity index (χ3v) is 9.24. The first kappa shape index (κ1) is 32.9. The van der Waals surface area contributed by atoms with Gasteiger partial charge in [0.2, 0.25) is 11.8 Å². The van der Waals surface area contributed by atoms with Crippen LogP contribution in [0.25, 0.3) is 11.2 Å². The van der Waals surface area contributed by atoms with Gasteiger partial charge in [-0.25, -0.2) is 18.3 Å². The Kier molecular flexibility index (Phi) is 9.61. The number of carbonyl (C=O) groups is 1. The van der Waals surface area contributed by atoms with Gasteiger partial charge in [-0.2, -0.15) is 15.1 Å². The number of halogens is 2. The van der Waals surface area contributed by atoms with Gasteiger partial charge in [-0.05, 0) is 58.6 Å². The van der Waals surface area contributed by atoms with Gasteiger partial charge in [-0.15, -0.1) is 0 Å². The molecule has 3 heterocycles. The number of para-hydroxylation sites is 1. The van der Waals surface area contributed by atoms with Gasteiger partial charge in [0.25, 0.3) is 5.85 Å². The quantitative estimate of drug-likeness (QED) is 0.187. The van der Waals surface area contributed by atoms with Crippen LogP contribution in [0.5, 0.6) is 11.6 Å². The van der Waals surface area contributed by atoms with Crippen LogP contribution < -0.4 is 20.1 Å². The molecule has 1 saturated carbocycles. The zero-order chi connectivity index (χ0) is 32.4. The molecular weight excluding hydrogens is 617 g/mol. The number of aromatic nitrogens is 4. The Morgan fingerprint density at radius 2 is 1.96 bits per heavy atom. The summed E-state index contributed by atoms with van der Waals surface area (Å²) < 4.78 is 74.9. The molecule has 1 aromatic carbocycles. The number of benzene rings is 1. The molecule has 17 heteroatoms. The van der Waals surface area contributed by atoms with Gasteiger partial charge >= 0.3 is 13.7 Å². The van der Waals surface area contributed by atoms with Crippen molar-refractivity contribution in [2.45, 2.75) is 88.9 Å². The van der Waals surface area contributed by atoms with Crippen molar-refractivity contribution in [1.29, 1.82) is 0 Å². The zero-order valence-electron chi connectivity index (χ0n) is 25.1. The highest BCUT2D eigenvalue weighted by atomic mass is 31.2. The van der Waals surface area contributed by atoms with E-state index in [0.717, 1.165) is 37.1 Å². The Balaban J connectivity index is 1.37. The lowest BCUT2D eigenvalue weighted by Gasteiger charge is -2.28. The number of hydrogen-bond acceptors (Lipinski definition) is 12. The molecule has 1 unspecified atom stereocenters. The number of carbonyl (C=O) groups excluding carboxylic acids is 1. The number of nitrogens with one attached hydrogen (secondary N) is 1. The van der Waals surface area contributed by atoms with Gasteiger partial charge in [-0.3, -0.25) is 13.9 Å². The fourth-order valence-corrected chi connectivity index (χ4v) is 6.81. The molecule has 2 aliphatic rings. The Morgan fingerprint density at radius 3 is 2.64 bits per heavy atom. The van der Waals surface area contributed by atoms with Gasteiger partial charge in [0.05, 0.1) is 12.9 Å². The number of ether oxygens (including phenoxy) is 3. The van der Waals surface area contributed by atoms with E-state index < -0.39 is 50.2 Å². The Bertz CT molecular complexity index is 1540. The number of nitrogens with two attached hydrogens (primary N) is 1. The Hall–Kier alpha value is -3.43. The number of anilines is 1. The molecule has 6 atom stereocenters. The monoisotopic (exact) mass is 654 g/mol. The topological polar surface area (TPSA) is 182 Å². The van der Waals surface area contributed by atoms with Gasteiger partial charge in [-0.1, -0.05) is 24.6 Å². The lowest BCUT2D eigenvalue weighted by Crippen LogP contribution is -2.47. The number of nitrogens with zero attached hydrogens (tertiary/aromatic N) is 4. The number of esters is 1. The first-order chi connectivity index (χ1) is 21.3. The number of fused-ring (bicyclic) bond motifs is 1. The highest BCUT2D eigenvalue weighted by molar-refractivity contribution is 7.52. The van der Waals surface area contributed by atoms with Crippen LogP contribution in [0, 0.1) is 0 Å². The summed E-state index contributed by atoms with van der Waals surface area (Å²) in [6, 6.07) is 6.63. The van der Waals surface area contributed by atoms with Crippen molar-refractivity contribution in [2.75, 3.05) is 18.9 Å². The number of nitrogen functional groups attached to an aromatic ring is 1. The van der Waals surface area contributed by atoms with E-state index >= 15 is 8.78 Å². The summed E-state index contributed by atoms with van der Waals surface area (Å²) in [5, 5.41) is 13.3. The van der Waals surface area contributed by atoms with Crippen molar-refractivity contribution in [3.63, 3.8) is 0 Å². The van der Waals surface area contributed by atoms with Gasteiger partial charge in [0, 0.05) is 0 Å². The van der Waals surface area contributed by atoms with Gasteiger partial charge in [0.15, 0.2) is 29.2 Å². The summed E-state index contributed by atoms with van der Waals surface area (Å²) in [6.45, 7) is 2.98. The molecule has 1 saturated heterocycles. The van der Waals surface area contributed by atoms with E-state index in [-0.39, 0.29) is 41.5 Å². The van der Waals surface area contributed by atoms with Gasteiger partial charge < -0.3 is 29.6 Å². The van der Waals surface area contributed by atoms with E-state index in [1.165, 1.54) is 19.1 Å². The molecule has 45 heavy (non-hydrogen) atoms. The van der Waals surface area contributed by atoms with Gasteiger partial charge in [0.1, 0.15) is 24.5 Å². The van der Waals surface area contributed by atoms with Crippen LogP contribution >= 0.6 is 7.75 Å². The molecule has 0 bridgehead atoms. The molecular formula is C28H37F2N6O8P. The fourth-order valence-electron chi connectivity index (χ4n) is 5.30. The van der Waals surface area contributed by atoms with Crippen molar-refractivity contribution in [1.82, 2.24) is 24.6 Å². The van der Waals surface area contributed by atoms with Crippen molar-refractivity contribution in [2.24, 2.45) is 0 Å². The minimum atomic E-state index is -4.58. The summed E-state index contributed by atoms with van der Waals surface area (Å²) in [5.74, 6) is -4.08. The molecule has 246 valence electrons. The van der Waals surface area contributed by atoms with Crippen molar-refractivity contribution in [3.05, 3.63) is 36.7 Å². The third kappa shape index (κ3) is 7.04. The number of aliphatic hydroxyl groups is 1. The van der Waals surface area contributed by atoms with E-state index in [1.54, 1.807) is 25.1 Å². The van der Waals surface area contributed by atoms with E-state index in [2.05, 4.69) is 20.0 Å². The summed E-state index contributed by atoms with van der Waals surface area (Å²) in [7, 11) is -4.58. The SMILES string of the molecule is CCOc1nc(N)nc2c1ncn2[C@@H]1O[C@](F)(CO[P@](=O)(N[C@@H](C)C(=O)OC2CCCCC2)Oc2ccccc2)C(O)[C@@]1(C)F. The second-order valence-electron chi connectivity index (χ2n) is 11.2. The number of alkyl halides is 2. The first-order valence-corrected chi connectivity index (χ1v) is 16.2. The molecule has 0 radical (unpaired) electrons. The van der Waals surface area contributed by atoms with Crippen LogP contribution in [0.1, 0.15) is 59.1 Å². The first-order valence-electron chi connectivity index (χ1n) is 14.7. The zero-order valence-corrected chi connectivity index (χ0v) is 26.0. The average molecular weight is 655 g/mol. The molecule has 3 aromatic rings. The highest BCUT2D eigenvalue weighted by Crippen LogP contribution is 2.52. The van der Waals surface area contributed by atoms with Crippen molar-refractivity contribution >= 4 is 30.8 Å². The Labute approximate surface area is 258 Å². The number of imidazole rings is 1. The molecule has 5 rings (SSSR count). The predicted octanol–water partition coefficient (Wildman–Crippen LogP) is 4.15. The van der Waals surface area contributed by atoms with Crippen molar-refractivity contribution in [3.8, 4) is 11.6 Å². The molecule has 2 fully saturated rings. The standard InChI is InChI=1S/C28H37F2N6O8P/c1-4-40-22-20-21(33-26(31)34-22)36(16-32-20)25-27(3,29)24(38)28(30,43-25)15-41-45(39,44-19-13-9-6-10-14-19)35-17(2)23(37)42-18-11-7-5-8-12-18/h6,9-10,13-14,16-18,24-25,38H,4-5,7-8,11-12,15H2,1-3H3,(H,35,39)(H2,31,33,34)/t17-,24?,25+,27+,28+,45+/m0/s1. The Morgan fingerprint density at radius 1 is 1.24 bits per heavy atom. The normalized spacial score (nSPS) is 27.6. The maximum absolute atomic E-state index is 16.3. The van der Waals surface area contributed by atoms with Crippen LogP contribution in [0.15, 0.2) is 36.7 Å². The van der Waals surface area contributed by atoms with E-state index in [4.69, 9.17) is 29.0 Å². The van der Waals surface area contributed by atoms with Crippen LogP contribution in [0.4, 0.5) is 14.7 Å². The predicted molar refractivity (Wildman–Crippen MR) is 157 cm³/mol. The maximum Gasteiger partial charge on any atom is 0.459 e. The van der Waals surface area contributed by atoms with Crippen molar-refractivity contribution < 1.29 is 46.5 Å². The second kappa shape index (κ2) is 13.1.